The lowest BCUT2D eigenvalue weighted by Gasteiger charge is -2.21. The normalized spacial score (nSPS) is 11.9. The van der Waals surface area contributed by atoms with Crippen LogP contribution >= 0.6 is 0 Å². The van der Waals surface area contributed by atoms with E-state index in [9.17, 15) is 0 Å². The van der Waals surface area contributed by atoms with Crippen LogP contribution in [0.1, 0.15) is 0 Å². The summed E-state index contributed by atoms with van der Waals surface area (Å²) in [5.41, 5.74) is 18.6. The van der Waals surface area contributed by atoms with Crippen molar-refractivity contribution in [2.45, 2.75) is 0 Å². The molecule has 17 aromatic carbocycles. The first-order chi connectivity index (χ1) is 45.7. The molecule has 2 heterocycles. The minimum absolute atomic E-state index is 1.13. The summed E-state index contributed by atoms with van der Waals surface area (Å²) in [5.74, 6) is 0. The van der Waals surface area contributed by atoms with Crippen LogP contribution in [0.4, 0.5) is 0 Å². The second kappa shape index (κ2) is 20.8. The second-order valence-corrected chi connectivity index (χ2v) is 24.6. The van der Waals surface area contributed by atoms with Crippen LogP contribution in [0.25, 0.3) is 186 Å². The number of benzene rings is 17. The fraction of sp³-hybridized carbons (Fsp3) is 0. The summed E-state index contributed by atoms with van der Waals surface area (Å²) >= 11 is 0. The smallest absolute Gasteiger partial charge is 0.0619 e. The second-order valence-electron chi connectivity index (χ2n) is 24.6. The lowest BCUT2D eigenvalue weighted by molar-refractivity contribution is 1.16. The highest BCUT2D eigenvalue weighted by Gasteiger charge is 2.30. The zero-order valence-electron chi connectivity index (χ0n) is 50.2. The molecule has 0 saturated carbocycles. The average molecular weight is 1170 g/mol. The molecule has 2 nitrogen and oxygen atoms in total. The van der Waals surface area contributed by atoms with Crippen LogP contribution in [0.3, 0.4) is 0 Å². The number of hydrogen-bond donors (Lipinski definition) is 0. The van der Waals surface area contributed by atoms with Gasteiger partial charge in [0.2, 0.25) is 0 Å². The third-order valence-electron chi connectivity index (χ3n) is 19.5. The molecule has 0 N–H and O–H groups in total. The Hall–Kier alpha value is -12.1. The van der Waals surface area contributed by atoms with E-state index < -0.39 is 0 Å². The molecule has 2 aromatic heterocycles. The van der Waals surface area contributed by atoms with Crippen LogP contribution in [0.5, 0.6) is 0 Å². The molecule has 0 saturated heterocycles. The third-order valence-corrected chi connectivity index (χ3v) is 19.5. The van der Waals surface area contributed by atoms with Crippen molar-refractivity contribution in [3.8, 4) is 78.4 Å². The van der Waals surface area contributed by atoms with Crippen LogP contribution in [0, 0.1) is 0 Å². The molecular formula is C90H56N2. The van der Waals surface area contributed by atoms with Crippen molar-refractivity contribution in [1.29, 1.82) is 0 Å². The zero-order chi connectivity index (χ0) is 60.4. The molecule has 0 bridgehead atoms. The Bertz CT molecular complexity index is 5720. The van der Waals surface area contributed by atoms with Crippen molar-refractivity contribution >= 4 is 108 Å². The number of fused-ring (bicyclic) bond motifs is 10. The summed E-state index contributed by atoms with van der Waals surface area (Å²) in [6.45, 7) is 0. The molecule has 0 aliphatic heterocycles. The van der Waals surface area contributed by atoms with E-state index in [0.29, 0.717) is 0 Å². The van der Waals surface area contributed by atoms with Gasteiger partial charge in [-0.25, -0.2) is 0 Å². The molecular weight excluding hydrogens is 1110 g/mol. The lowest BCUT2D eigenvalue weighted by Crippen LogP contribution is -2.01. The predicted molar refractivity (Wildman–Crippen MR) is 393 cm³/mol. The minimum atomic E-state index is 1.13. The third kappa shape index (κ3) is 8.00. The molecule has 19 aromatic rings. The molecule has 0 amide bonds. The van der Waals surface area contributed by atoms with Crippen LogP contribution in [-0.2, 0) is 0 Å². The number of hydrogen-bond acceptors (Lipinski definition) is 0. The Labute approximate surface area is 532 Å². The van der Waals surface area contributed by atoms with E-state index in [4.69, 9.17) is 0 Å². The maximum absolute atomic E-state index is 2.64. The molecule has 92 heavy (non-hydrogen) atoms. The Morgan fingerprint density at radius 1 is 0.152 bits per heavy atom. The first-order valence-corrected chi connectivity index (χ1v) is 31.9. The lowest BCUT2D eigenvalue weighted by atomic mass is 9.83. The molecule has 0 atom stereocenters. The van der Waals surface area contributed by atoms with Gasteiger partial charge in [0.25, 0.3) is 0 Å². The maximum atomic E-state index is 2.64. The summed E-state index contributed by atoms with van der Waals surface area (Å²) in [4.78, 5) is 0. The van der Waals surface area contributed by atoms with E-state index in [1.807, 2.05) is 0 Å². The van der Waals surface area contributed by atoms with Gasteiger partial charge in [0.05, 0.1) is 33.8 Å². The van der Waals surface area contributed by atoms with Crippen molar-refractivity contribution in [3.63, 3.8) is 0 Å². The van der Waals surface area contributed by atoms with Crippen molar-refractivity contribution in [2.75, 3.05) is 0 Å². The predicted octanol–water partition coefficient (Wildman–Crippen LogP) is 24.8. The molecule has 0 fully saturated rings. The van der Waals surface area contributed by atoms with Gasteiger partial charge in [0, 0.05) is 43.4 Å². The maximum Gasteiger partial charge on any atom is 0.0619 e. The summed E-state index contributed by atoms with van der Waals surface area (Å²) in [5, 5.41) is 21.4. The van der Waals surface area contributed by atoms with Crippen molar-refractivity contribution in [3.05, 3.63) is 340 Å². The topological polar surface area (TPSA) is 9.86 Å². The minimum Gasteiger partial charge on any atom is -0.307 e. The molecule has 0 spiro atoms. The fourth-order valence-corrected chi connectivity index (χ4v) is 15.6. The van der Waals surface area contributed by atoms with Gasteiger partial charge in [-0.15, -0.1) is 0 Å². The van der Waals surface area contributed by atoms with E-state index >= 15 is 0 Å². The van der Waals surface area contributed by atoms with E-state index in [2.05, 4.69) is 349 Å². The van der Waals surface area contributed by atoms with Crippen LogP contribution in [0.15, 0.2) is 340 Å². The number of nitrogens with zero attached hydrogens (tertiary/aromatic N) is 2. The van der Waals surface area contributed by atoms with Gasteiger partial charge >= 0.3 is 0 Å². The quantitative estimate of drug-likeness (QED) is 0.134. The Balaban J connectivity index is 1.09. The van der Waals surface area contributed by atoms with Crippen molar-refractivity contribution in [2.24, 2.45) is 0 Å². The summed E-state index contributed by atoms with van der Waals surface area (Å²) in [6, 6.07) is 127. The van der Waals surface area contributed by atoms with E-state index in [-0.39, 0.29) is 0 Å². The molecule has 0 aliphatic carbocycles. The van der Waals surface area contributed by atoms with Gasteiger partial charge in [-0.1, -0.05) is 291 Å². The summed E-state index contributed by atoms with van der Waals surface area (Å²) < 4.78 is 5.28. The standard InChI is InChI=1S/C90H56N2/c1-5-27-59(28-6-1)85-79-53-75-77(55-81(79)91(87(85)61-31-9-3-10-32-61)89-71-41-21-17-37-65(71)51-66-38-18-22-42-72(66)89)84(70-48-46-58-26-14-16-36-64(58)50-70)76-54-80-82(56-78(76)83(75)69-47-45-57-25-13-15-35-63(57)49-69)92(88(62-33-11-4-12-34-62)86(80)60-29-7-2-8-30-60)90-73-43-23-19-39-67(73)52-68-40-20-24-44-74(68)90/h1-56H. The SMILES string of the molecule is c1ccc(-c2c(-c3ccccc3)n(-c3c4ccccc4cc4ccccc34)c3cc4c(-c5ccc6ccccc6c5)c5cc6c(-c7ccccc7)c(-c7ccccc7)n(-c7c8ccccc8cc8ccccc78)c6cc5c(-c5ccc6ccccc6c5)c4cc23)cc1. The Morgan fingerprint density at radius 3 is 0.783 bits per heavy atom. The Morgan fingerprint density at radius 2 is 0.435 bits per heavy atom. The average Bonchev–Trinajstić information content (AvgIpc) is 1.50. The van der Waals surface area contributed by atoms with Gasteiger partial charge in [0.15, 0.2) is 0 Å². The van der Waals surface area contributed by atoms with E-state index in [1.165, 1.54) is 119 Å². The fourth-order valence-electron chi connectivity index (χ4n) is 15.6. The van der Waals surface area contributed by atoms with Gasteiger partial charge in [-0.05, 0) is 158 Å². The Kier molecular flexibility index (Phi) is 11.7. The van der Waals surface area contributed by atoms with Gasteiger partial charge in [0.1, 0.15) is 0 Å². The van der Waals surface area contributed by atoms with Crippen molar-refractivity contribution < 1.29 is 0 Å². The number of rotatable bonds is 8. The van der Waals surface area contributed by atoms with Gasteiger partial charge in [-0.2, -0.15) is 0 Å². The van der Waals surface area contributed by atoms with Gasteiger partial charge in [-0.3, -0.25) is 0 Å². The molecule has 0 aliphatic rings. The monoisotopic (exact) mass is 1160 g/mol. The van der Waals surface area contributed by atoms with Crippen molar-refractivity contribution in [1.82, 2.24) is 9.13 Å². The van der Waals surface area contributed by atoms with E-state index in [0.717, 1.165) is 67.2 Å². The number of aromatic nitrogens is 2. The largest absolute Gasteiger partial charge is 0.307 e. The van der Waals surface area contributed by atoms with Crippen LogP contribution in [0.2, 0.25) is 0 Å². The zero-order valence-corrected chi connectivity index (χ0v) is 50.2. The molecule has 426 valence electrons. The summed E-state index contributed by atoms with van der Waals surface area (Å²) in [7, 11) is 0. The first-order valence-electron chi connectivity index (χ1n) is 31.9. The van der Waals surface area contributed by atoms with Crippen LogP contribution < -0.4 is 0 Å². The molecule has 2 heteroatoms. The molecule has 19 rings (SSSR count). The summed E-state index contributed by atoms with van der Waals surface area (Å²) in [6.07, 6.45) is 0. The molecule has 0 radical (unpaired) electrons. The van der Waals surface area contributed by atoms with E-state index in [1.54, 1.807) is 0 Å². The van der Waals surface area contributed by atoms with Gasteiger partial charge < -0.3 is 9.13 Å². The highest BCUT2D eigenvalue weighted by Crippen LogP contribution is 2.54. The van der Waals surface area contributed by atoms with Crippen LogP contribution in [-0.4, -0.2) is 9.13 Å². The highest BCUT2D eigenvalue weighted by atomic mass is 15.0. The highest BCUT2D eigenvalue weighted by molar-refractivity contribution is 6.29. The molecule has 0 unspecified atom stereocenters. The first kappa shape index (κ1) is 51.9.